The summed E-state index contributed by atoms with van der Waals surface area (Å²) in [6.45, 7) is -0.760. The summed E-state index contributed by atoms with van der Waals surface area (Å²) in [4.78, 5) is 9.90. The Morgan fingerprint density at radius 1 is 1.07 bits per heavy atom. The minimum Gasteiger partial charge on any atom is -0.870 e. The molecule has 80 valence electrons. The maximum Gasteiger partial charge on any atom is 1.00 e. The van der Waals surface area contributed by atoms with Gasteiger partial charge in [-0.1, -0.05) is 0 Å². The maximum absolute atomic E-state index is 9.90. The van der Waals surface area contributed by atoms with Crippen LogP contribution < -0.4 is 51.4 Å². The average molecular weight is 236 g/mol. The summed E-state index contributed by atoms with van der Waals surface area (Å²) in [6, 6.07) is 0. The van der Waals surface area contributed by atoms with Gasteiger partial charge in [-0.05, 0) is 0 Å². The molecule has 0 aliphatic rings. The second-order valence-electron chi connectivity index (χ2n) is 2.36. The third kappa shape index (κ3) is 6.53. The van der Waals surface area contributed by atoms with Crippen LogP contribution in [-0.4, -0.2) is 68.3 Å². The molecule has 0 aliphatic heterocycles. The van der Waals surface area contributed by atoms with E-state index in [1.165, 1.54) is 0 Å². The minimum absolute atomic E-state index is 0. The molecule has 0 saturated heterocycles. The Hall–Kier alpha value is 1.07. The van der Waals surface area contributed by atoms with Crippen LogP contribution in [0.2, 0.25) is 0 Å². The number of carbonyl (C=O) groups excluding carboxylic acids is 1. The molecule has 0 aromatic rings. The molecule has 6 N–H and O–H groups in total. The van der Waals surface area contributed by atoms with Gasteiger partial charge < -0.3 is 35.8 Å². The molecule has 7 nitrogen and oxygen atoms in total. The standard InChI is InChI=1S/C6H12O6.K.H2O/c7-1-3(9)5(11)6(12)4(10)2-8;;/h1,3-6,8-12H,2H2;;1H2/q;+1;/p-1. The minimum atomic E-state index is -1.79. The number of hydrogen-bond acceptors (Lipinski definition) is 7. The van der Waals surface area contributed by atoms with E-state index in [0.717, 1.165) is 0 Å². The molecule has 14 heavy (non-hydrogen) atoms. The quantitative estimate of drug-likeness (QED) is 0.235. The van der Waals surface area contributed by atoms with E-state index in [1.54, 1.807) is 0 Å². The fraction of sp³-hybridized carbons (Fsp3) is 0.833. The van der Waals surface area contributed by atoms with Gasteiger partial charge in [-0.3, -0.25) is 0 Å². The SMILES string of the molecule is O=CC(O)C(O)C(O)C(O)CO.[K+].[OH-]. The van der Waals surface area contributed by atoms with Crippen LogP contribution in [0.15, 0.2) is 0 Å². The topological polar surface area (TPSA) is 148 Å². The largest absolute Gasteiger partial charge is 1.00 e. The molecule has 0 aromatic carbocycles. The van der Waals surface area contributed by atoms with Crippen molar-refractivity contribution in [1.82, 2.24) is 0 Å². The van der Waals surface area contributed by atoms with E-state index >= 15 is 0 Å². The summed E-state index contributed by atoms with van der Waals surface area (Å²) in [7, 11) is 0. The van der Waals surface area contributed by atoms with Crippen molar-refractivity contribution in [3.05, 3.63) is 0 Å². The summed E-state index contributed by atoms with van der Waals surface area (Å²) < 4.78 is 0. The first-order valence-electron chi connectivity index (χ1n) is 3.33. The molecule has 0 radical (unpaired) electrons. The van der Waals surface area contributed by atoms with E-state index in [-0.39, 0.29) is 63.1 Å². The first-order valence-corrected chi connectivity index (χ1v) is 3.33. The Morgan fingerprint density at radius 3 is 1.79 bits per heavy atom. The van der Waals surface area contributed by atoms with E-state index in [1.807, 2.05) is 0 Å². The van der Waals surface area contributed by atoms with Crippen molar-refractivity contribution in [2.75, 3.05) is 6.61 Å². The maximum atomic E-state index is 9.90. The number of aldehydes is 1. The van der Waals surface area contributed by atoms with Gasteiger partial charge in [-0.15, -0.1) is 0 Å². The van der Waals surface area contributed by atoms with Crippen molar-refractivity contribution in [2.24, 2.45) is 0 Å². The Labute approximate surface area is 123 Å². The molecule has 0 aromatic heterocycles. The van der Waals surface area contributed by atoms with Crippen LogP contribution in [0.1, 0.15) is 0 Å². The van der Waals surface area contributed by atoms with Crippen LogP contribution in [0.4, 0.5) is 0 Å². The van der Waals surface area contributed by atoms with Crippen LogP contribution in [-0.2, 0) is 4.79 Å². The first-order chi connectivity index (χ1) is 5.54. The molecule has 0 spiro atoms. The summed E-state index contributed by atoms with van der Waals surface area (Å²) in [5, 5.41) is 43.5. The van der Waals surface area contributed by atoms with Crippen molar-refractivity contribution in [3.8, 4) is 0 Å². The molecule has 0 saturated carbocycles. The molecule has 0 heterocycles. The number of aliphatic hydroxyl groups is 5. The van der Waals surface area contributed by atoms with E-state index < -0.39 is 31.0 Å². The Balaban J connectivity index is -0.000000605. The van der Waals surface area contributed by atoms with Gasteiger partial charge in [0.15, 0.2) is 6.29 Å². The Morgan fingerprint density at radius 2 is 1.50 bits per heavy atom. The van der Waals surface area contributed by atoms with Crippen molar-refractivity contribution in [3.63, 3.8) is 0 Å². The smallest absolute Gasteiger partial charge is 0.870 e. The van der Waals surface area contributed by atoms with Gasteiger partial charge in [0.1, 0.15) is 24.4 Å². The second-order valence-corrected chi connectivity index (χ2v) is 2.36. The predicted octanol–water partition coefficient (Wildman–Crippen LogP) is -6.55. The zero-order chi connectivity index (χ0) is 9.72. The molecular formula is C6H13KO7. The van der Waals surface area contributed by atoms with Crippen molar-refractivity contribution in [2.45, 2.75) is 24.4 Å². The zero-order valence-electron chi connectivity index (χ0n) is 7.69. The van der Waals surface area contributed by atoms with Crippen LogP contribution in [0.25, 0.3) is 0 Å². The second kappa shape index (κ2) is 10.6. The average Bonchev–Trinajstić information content (AvgIpc) is 2.12. The van der Waals surface area contributed by atoms with Gasteiger partial charge in [0.25, 0.3) is 0 Å². The summed E-state index contributed by atoms with van der Waals surface area (Å²) in [5.74, 6) is 0. The van der Waals surface area contributed by atoms with Crippen molar-refractivity contribution >= 4 is 6.29 Å². The zero-order valence-corrected chi connectivity index (χ0v) is 10.8. The normalized spacial score (nSPS) is 18.1. The van der Waals surface area contributed by atoms with E-state index in [2.05, 4.69) is 0 Å². The van der Waals surface area contributed by atoms with Crippen LogP contribution in [0.3, 0.4) is 0 Å². The number of carbonyl (C=O) groups is 1. The van der Waals surface area contributed by atoms with Gasteiger partial charge in [-0.2, -0.15) is 0 Å². The first kappa shape index (κ1) is 20.5. The van der Waals surface area contributed by atoms with E-state index in [4.69, 9.17) is 25.5 Å². The third-order valence-electron chi connectivity index (χ3n) is 1.42. The molecule has 0 aliphatic carbocycles. The molecule has 8 heteroatoms. The molecule has 0 fully saturated rings. The number of aliphatic hydroxyl groups excluding tert-OH is 5. The fourth-order valence-corrected chi connectivity index (χ4v) is 0.618. The summed E-state index contributed by atoms with van der Waals surface area (Å²) in [5.41, 5.74) is 0. The van der Waals surface area contributed by atoms with Gasteiger partial charge in [0.2, 0.25) is 0 Å². The Kier molecular flexibility index (Phi) is 15.5. The van der Waals surface area contributed by atoms with Crippen molar-refractivity contribution < 1.29 is 87.2 Å². The molecule has 4 unspecified atom stereocenters. The van der Waals surface area contributed by atoms with Crippen LogP contribution in [0, 0.1) is 0 Å². The molecular weight excluding hydrogens is 223 g/mol. The number of hydrogen-bond donors (Lipinski definition) is 5. The molecule has 0 bridgehead atoms. The molecule has 4 atom stereocenters. The summed E-state index contributed by atoms with van der Waals surface area (Å²) >= 11 is 0. The Bertz CT molecular complexity index is 144. The predicted molar refractivity (Wildman–Crippen MR) is 39.1 cm³/mol. The van der Waals surface area contributed by atoms with Crippen LogP contribution in [0.5, 0.6) is 0 Å². The fourth-order valence-electron chi connectivity index (χ4n) is 0.618. The molecule has 0 amide bonds. The van der Waals surface area contributed by atoms with Gasteiger partial charge in [0, 0.05) is 0 Å². The van der Waals surface area contributed by atoms with E-state index in [9.17, 15) is 4.79 Å². The van der Waals surface area contributed by atoms with Crippen molar-refractivity contribution in [1.29, 1.82) is 0 Å². The van der Waals surface area contributed by atoms with Gasteiger partial charge in [-0.25, -0.2) is 0 Å². The number of rotatable bonds is 5. The molecule has 0 rings (SSSR count). The monoisotopic (exact) mass is 236 g/mol. The van der Waals surface area contributed by atoms with Gasteiger partial charge >= 0.3 is 51.4 Å². The van der Waals surface area contributed by atoms with Gasteiger partial charge in [0.05, 0.1) is 6.61 Å². The van der Waals surface area contributed by atoms with E-state index in [0.29, 0.717) is 0 Å². The third-order valence-corrected chi connectivity index (χ3v) is 1.42. The van der Waals surface area contributed by atoms with Crippen LogP contribution >= 0.6 is 0 Å². The summed E-state index contributed by atoms with van der Waals surface area (Å²) in [6.07, 6.45) is -6.84.